The Hall–Kier alpha value is 0.350. The van der Waals surface area contributed by atoms with E-state index in [0.29, 0.717) is 0 Å². The molecule has 1 heteroatoms. The number of hydrogen-bond donors (Lipinski definition) is 0. The van der Waals surface area contributed by atoms with Gasteiger partial charge in [-0.2, -0.15) is 11.8 Å². The average molecular weight is 216 g/mol. The maximum absolute atomic E-state index is 2.39. The van der Waals surface area contributed by atoms with Gasteiger partial charge in [0.25, 0.3) is 0 Å². The molecule has 14 heavy (non-hydrogen) atoms. The van der Waals surface area contributed by atoms with Gasteiger partial charge < -0.3 is 0 Å². The summed E-state index contributed by atoms with van der Waals surface area (Å²) in [6.07, 6.45) is 2.64. The zero-order valence-corrected chi connectivity index (χ0v) is 11.7. The van der Waals surface area contributed by atoms with Gasteiger partial charge in [-0.15, -0.1) is 0 Å². The van der Waals surface area contributed by atoms with Crippen molar-refractivity contribution in [3.05, 3.63) is 0 Å². The standard InChI is InChI=1S/C13H28S/c1-7-11(5)13(8-2)14-9-12(6)10(3)4/h10-13H,7-9H2,1-6H3. The monoisotopic (exact) mass is 216 g/mol. The summed E-state index contributed by atoms with van der Waals surface area (Å²) in [7, 11) is 0. The Kier molecular flexibility index (Phi) is 7.81. The molecule has 0 radical (unpaired) electrons. The van der Waals surface area contributed by atoms with Crippen LogP contribution in [0.2, 0.25) is 0 Å². The second-order valence-electron chi connectivity index (χ2n) is 4.89. The van der Waals surface area contributed by atoms with E-state index in [1.54, 1.807) is 0 Å². The van der Waals surface area contributed by atoms with Gasteiger partial charge in [0.2, 0.25) is 0 Å². The highest BCUT2D eigenvalue weighted by Gasteiger charge is 2.16. The third-order valence-corrected chi connectivity index (χ3v) is 5.34. The van der Waals surface area contributed by atoms with Gasteiger partial charge in [0.05, 0.1) is 0 Å². The molecule has 0 aromatic rings. The van der Waals surface area contributed by atoms with Gasteiger partial charge in [0.15, 0.2) is 0 Å². The van der Waals surface area contributed by atoms with E-state index in [1.807, 2.05) is 0 Å². The SMILES string of the molecule is CCC(C)C(CC)SCC(C)C(C)C. The van der Waals surface area contributed by atoms with Gasteiger partial charge in [0, 0.05) is 5.25 Å². The van der Waals surface area contributed by atoms with Crippen LogP contribution in [0.15, 0.2) is 0 Å². The molecule has 0 spiro atoms. The smallest absolute Gasteiger partial charge is 0.00700 e. The highest BCUT2D eigenvalue weighted by atomic mass is 32.2. The third kappa shape index (κ3) is 5.29. The lowest BCUT2D eigenvalue weighted by Crippen LogP contribution is -2.16. The molecule has 0 rings (SSSR count). The fraction of sp³-hybridized carbons (Fsp3) is 1.00. The summed E-state index contributed by atoms with van der Waals surface area (Å²) in [5.41, 5.74) is 0. The predicted octanol–water partition coefficient (Wildman–Crippen LogP) is 4.84. The summed E-state index contributed by atoms with van der Waals surface area (Å²) in [5, 5.41) is 0.876. The quantitative estimate of drug-likeness (QED) is 0.587. The molecule has 0 nitrogen and oxygen atoms in total. The Bertz CT molecular complexity index is 131. The molecule has 0 aliphatic rings. The zero-order chi connectivity index (χ0) is 11.1. The Balaban J connectivity index is 3.83. The van der Waals surface area contributed by atoms with E-state index in [9.17, 15) is 0 Å². The van der Waals surface area contributed by atoms with Crippen LogP contribution in [0.25, 0.3) is 0 Å². The normalized spacial score (nSPS) is 18.2. The molecule has 0 amide bonds. The molecule has 0 N–H and O–H groups in total. The van der Waals surface area contributed by atoms with Gasteiger partial charge in [-0.25, -0.2) is 0 Å². The van der Waals surface area contributed by atoms with Crippen molar-refractivity contribution in [3.63, 3.8) is 0 Å². The van der Waals surface area contributed by atoms with Crippen LogP contribution in [-0.2, 0) is 0 Å². The van der Waals surface area contributed by atoms with E-state index in [-0.39, 0.29) is 0 Å². The van der Waals surface area contributed by atoms with Crippen molar-refractivity contribution in [1.29, 1.82) is 0 Å². The van der Waals surface area contributed by atoms with Crippen LogP contribution in [0.4, 0.5) is 0 Å². The van der Waals surface area contributed by atoms with Gasteiger partial charge in [0.1, 0.15) is 0 Å². The average Bonchev–Trinajstić information content (AvgIpc) is 2.17. The second kappa shape index (κ2) is 7.62. The van der Waals surface area contributed by atoms with E-state index in [1.165, 1.54) is 18.6 Å². The molecule has 3 unspecified atom stereocenters. The van der Waals surface area contributed by atoms with E-state index >= 15 is 0 Å². The maximum Gasteiger partial charge on any atom is 0.00700 e. The summed E-state index contributed by atoms with van der Waals surface area (Å²) in [6, 6.07) is 0. The molecule has 0 aliphatic heterocycles. The first-order valence-electron chi connectivity index (χ1n) is 6.14. The Morgan fingerprint density at radius 1 is 0.857 bits per heavy atom. The molecule has 0 saturated carbocycles. The number of thioether (sulfide) groups is 1. The van der Waals surface area contributed by atoms with Gasteiger partial charge in [-0.1, -0.05) is 48.0 Å². The molecular weight excluding hydrogens is 188 g/mol. The zero-order valence-electron chi connectivity index (χ0n) is 10.8. The topological polar surface area (TPSA) is 0 Å². The minimum absolute atomic E-state index is 0.830. The van der Waals surface area contributed by atoms with Crippen molar-refractivity contribution in [1.82, 2.24) is 0 Å². The summed E-state index contributed by atoms with van der Waals surface area (Å²) < 4.78 is 0. The lowest BCUT2D eigenvalue weighted by atomic mass is 10.0. The molecule has 0 aliphatic carbocycles. The van der Waals surface area contributed by atoms with E-state index in [0.717, 1.165) is 23.0 Å². The van der Waals surface area contributed by atoms with Gasteiger partial charge >= 0.3 is 0 Å². The summed E-state index contributed by atoms with van der Waals surface area (Å²) >= 11 is 2.19. The van der Waals surface area contributed by atoms with Gasteiger partial charge in [-0.3, -0.25) is 0 Å². The summed E-state index contributed by atoms with van der Waals surface area (Å²) in [5.74, 6) is 3.90. The van der Waals surface area contributed by atoms with E-state index in [2.05, 4.69) is 53.3 Å². The fourth-order valence-corrected chi connectivity index (χ4v) is 3.11. The molecule has 86 valence electrons. The number of rotatable bonds is 7. The molecule has 0 heterocycles. The Morgan fingerprint density at radius 3 is 1.79 bits per heavy atom. The predicted molar refractivity (Wildman–Crippen MR) is 70.0 cm³/mol. The maximum atomic E-state index is 2.39. The number of hydrogen-bond acceptors (Lipinski definition) is 1. The third-order valence-electron chi connectivity index (χ3n) is 3.39. The van der Waals surface area contributed by atoms with Crippen molar-refractivity contribution in [3.8, 4) is 0 Å². The lowest BCUT2D eigenvalue weighted by molar-refractivity contribution is 0.460. The van der Waals surface area contributed by atoms with Gasteiger partial charge in [-0.05, 0) is 29.9 Å². The molecule has 3 atom stereocenters. The lowest BCUT2D eigenvalue weighted by Gasteiger charge is -2.24. The first kappa shape index (κ1) is 14.3. The van der Waals surface area contributed by atoms with Crippen molar-refractivity contribution in [2.24, 2.45) is 17.8 Å². The van der Waals surface area contributed by atoms with Crippen molar-refractivity contribution < 1.29 is 0 Å². The molecule has 0 fully saturated rings. The Morgan fingerprint density at radius 2 is 1.43 bits per heavy atom. The Labute approximate surface area is 95.2 Å². The molecule has 0 aromatic carbocycles. The first-order valence-corrected chi connectivity index (χ1v) is 7.19. The van der Waals surface area contributed by atoms with E-state index < -0.39 is 0 Å². The van der Waals surface area contributed by atoms with Crippen LogP contribution in [0.3, 0.4) is 0 Å². The summed E-state index contributed by atoms with van der Waals surface area (Å²) in [6.45, 7) is 14.1. The van der Waals surface area contributed by atoms with Crippen LogP contribution < -0.4 is 0 Å². The van der Waals surface area contributed by atoms with Crippen LogP contribution in [0, 0.1) is 17.8 Å². The van der Waals surface area contributed by atoms with Crippen molar-refractivity contribution in [2.45, 2.75) is 59.6 Å². The molecule has 0 saturated heterocycles. The minimum atomic E-state index is 0.830. The van der Waals surface area contributed by atoms with Crippen molar-refractivity contribution >= 4 is 11.8 Å². The largest absolute Gasteiger partial charge is 0.158 e. The minimum Gasteiger partial charge on any atom is -0.158 e. The van der Waals surface area contributed by atoms with Crippen molar-refractivity contribution in [2.75, 3.05) is 5.75 Å². The second-order valence-corrected chi connectivity index (χ2v) is 6.16. The van der Waals surface area contributed by atoms with Crippen LogP contribution in [0.1, 0.15) is 54.4 Å². The van der Waals surface area contributed by atoms with Crippen LogP contribution >= 0.6 is 11.8 Å². The van der Waals surface area contributed by atoms with E-state index in [4.69, 9.17) is 0 Å². The molecule has 0 bridgehead atoms. The molecular formula is C13H28S. The summed E-state index contributed by atoms with van der Waals surface area (Å²) in [4.78, 5) is 0. The highest BCUT2D eigenvalue weighted by molar-refractivity contribution is 7.99. The fourth-order valence-electron chi connectivity index (χ4n) is 1.42. The molecule has 0 aromatic heterocycles. The first-order chi connectivity index (χ1) is 6.52. The van der Waals surface area contributed by atoms with Crippen LogP contribution in [0.5, 0.6) is 0 Å². The highest BCUT2D eigenvalue weighted by Crippen LogP contribution is 2.28. The van der Waals surface area contributed by atoms with Crippen LogP contribution in [-0.4, -0.2) is 11.0 Å².